The number of rotatable bonds is 9. The summed E-state index contributed by atoms with van der Waals surface area (Å²) in [6, 6.07) is 60.6. The van der Waals surface area contributed by atoms with E-state index in [9.17, 15) is 0 Å². The molecule has 1 heterocycles. The van der Waals surface area contributed by atoms with Gasteiger partial charge in [-0.15, -0.1) is 0 Å². The first-order valence-electron chi connectivity index (χ1n) is 17.4. The zero-order valence-corrected chi connectivity index (χ0v) is 28.6. The molecule has 0 bridgehead atoms. The second kappa shape index (κ2) is 14.1. The Bertz CT molecular complexity index is 2570. The molecule has 8 aromatic rings. The topological polar surface area (TPSA) is 17.0 Å². The molecule has 0 aliphatic heterocycles. The van der Waals surface area contributed by atoms with Crippen LogP contribution in [0.1, 0.15) is 12.5 Å². The van der Waals surface area contributed by atoms with Gasteiger partial charge in [-0.1, -0.05) is 146 Å². The standard InChI is InChI=1S/C49H38N2/c1-3-4-7-16-35(2)45-33-40(27-29-47(45)50-42-23-14-21-38(31-42)36-17-8-5-9-18-36)41-28-30-49-46(34-41)44-25-12-13-26-48(44)51(49)43-24-15-22-39(32-43)37-19-10-6-11-20-37/h3-34,50H,2H2,1H3/b4-3-,16-7-. The van der Waals surface area contributed by atoms with Crippen molar-refractivity contribution < 1.29 is 0 Å². The molecule has 0 amide bonds. The maximum Gasteiger partial charge on any atom is 0.0541 e. The van der Waals surface area contributed by atoms with Crippen molar-refractivity contribution in [3.8, 4) is 39.1 Å². The summed E-state index contributed by atoms with van der Waals surface area (Å²) in [5.41, 5.74) is 14.6. The second-order valence-corrected chi connectivity index (χ2v) is 12.7. The number of aromatic nitrogens is 1. The van der Waals surface area contributed by atoms with Gasteiger partial charge in [-0.3, -0.25) is 0 Å². The molecule has 0 saturated heterocycles. The fourth-order valence-electron chi connectivity index (χ4n) is 6.92. The number of nitrogens with one attached hydrogen (secondary N) is 1. The van der Waals surface area contributed by atoms with Crippen LogP contribution in [0.3, 0.4) is 0 Å². The van der Waals surface area contributed by atoms with Crippen molar-refractivity contribution in [2.75, 3.05) is 5.32 Å². The predicted octanol–water partition coefficient (Wildman–Crippen LogP) is 13.7. The van der Waals surface area contributed by atoms with E-state index in [0.717, 1.165) is 39.3 Å². The second-order valence-electron chi connectivity index (χ2n) is 12.7. The molecular weight excluding hydrogens is 617 g/mol. The van der Waals surface area contributed by atoms with Crippen LogP contribution in [0.2, 0.25) is 0 Å². The van der Waals surface area contributed by atoms with Gasteiger partial charge in [-0.25, -0.2) is 0 Å². The van der Waals surface area contributed by atoms with E-state index in [0.29, 0.717) is 0 Å². The van der Waals surface area contributed by atoms with Crippen molar-refractivity contribution in [1.82, 2.24) is 4.57 Å². The van der Waals surface area contributed by atoms with Gasteiger partial charge in [0.1, 0.15) is 0 Å². The fraction of sp³-hybridized carbons (Fsp3) is 0.0204. The SMILES string of the molecule is C=C(/C=C\C=C/C)c1cc(-c2ccc3c(c2)c2ccccc2n3-c2cccc(-c3ccccc3)c2)ccc1Nc1cccc(-c2ccccc2)c1. The summed E-state index contributed by atoms with van der Waals surface area (Å²) >= 11 is 0. The lowest BCUT2D eigenvalue weighted by atomic mass is 9.96. The average molecular weight is 655 g/mol. The molecule has 0 aliphatic carbocycles. The van der Waals surface area contributed by atoms with Crippen LogP contribution in [-0.4, -0.2) is 4.57 Å². The first-order chi connectivity index (χ1) is 25.2. The van der Waals surface area contributed by atoms with Crippen LogP contribution in [-0.2, 0) is 0 Å². The van der Waals surface area contributed by atoms with Gasteiger partial charge in [0.2, 0.25) is 0 Å². The molecule has 0 saturated carbocycles. The van der Waals surface area contributed by atoms with Crippen molar-refractivity contribution in [2.24, 2.45) is 0 Å². The zero-order valence-electron chi connectivity index (χ0n) is 28.6. The molecule has 0 fully saturated rings. The van der Waals surface area contributed by atoms with Gasteiger partial charge in [0, 0.05) is 33.4 Å². The predicted molar refractivity (Wildman–Crippen MR) is 220 cm³/mol. The summed E-state index contributed by atoms with van der Waals surface area (Å²) < 4.78 is 2.39. The summed E-state index contributed by atoms with van der Waals surface area (Å²) in [6.45, 7) is 6.51. The quantitative estimate of drug-likeness (QED) is 0.153. The van der Waals surface area contributed by atoms with Crippen LogP contribution < -0.4 is 5.32 Å². The smallest absolute Gasteiger partial charge is 0.0541 e. The average Bonchev–Trinajstić information content (AvgIpc) is 3.53. The lowest BCUT2D eigenvalue weighted by molar-refractivity contribution is 1.18. The van der Waals surface area contributed by atoms with Gasteiger partial charge < -0.3 is 9.88 Å². The Hall–Kier alpha value is -6.64. The van der Waals surface area contributed by atoms with Gasteiger partial charge in [-0.2, -0.15) is 0 Å². The highest BCUT2D eigenvalue weighted by molar-refractivity contribution is 6.10. The van der Waals surface area contributed by atoms with Gasteiger partial charge in [0.25, 0.3) is 0 Å². The molecule has 0 atom stereocenters. The molecule has 0 aliphatic rings. The number of anilines is 2. The van der Waals surface area contributed by atoms with E-state index in [-0.39, 0.29) is 0 Å². The van der Waals surface area contributed by atoms with E-state index >= 15 is 0 Å². The van der Waals surface area contributed by atoms with Gasteiger partial charge in [0.05, 0.1) is 11.0 Å². The van der Waals surface area contributed by atoms with E-state index in [4.69, 9.17) is 0 Å². The minimum absolute atomic E-state index is 0.938. The third-order valence-electron chi connectivity index (χ3n) is 9.43. The Balaban J connectivity index is 1.21. The Morgan fingerprint density at radius 2 is 1.12 bits per heavy atom. The number of hydrogen-bond acceptors (Lipinski definition) is 1. The molecule has 7 aromatic carbocycles. The number of para-hydroxylation sites is 1. The summed E-state index contributed by atoms with van der Waals surface area (Å²) in [7, 11) is 0. The number of nitrogens with zero attached hydrogens (tertiary/aromatic N) is 1. The summed E-state index contributed by atoms with van der Waals surface area (Å²) in [6.07, 6.45) is 8.18. The van der Waals surface area contributed by atoms with Gasteiger partial charge in [0.15, 0.2) is 0 Å². The Morgan fingerprint density at radius 1 is 0.510 bits per heavy atom. The number of fused-ring (bicyclic) bond motifs is 3. The monoisotopic (exact) mass is 654 g/mol. The Labute approximate surface area is 300 Å². The van der Waals surface area contributed by atoms with Crippen molar-refractivity contribution >= 4 is 38.8 Å². The van der Waals surface area contributed by atoms with Crippen molar-refractivity contribution in [3.63, 3.8) is 0 Å². The molecule has 244 valence electrons. The lowest BCUT2D eigenvalue weighted by Crippen LogP contribution is -1.96. The molecule has 1 aromatic heterocycles. The number of allylic oxidation sites excluding steroid dienone is 5. The number of benzene rings is 7. The minimum Gasteiger partial charge on any atom is -0.355 e. The van der Waals surface area contributed by atoms with Crippen molar-refractivity contribution in [2.45, 2.75) is 6.92 Å². The minimum atomic E-state index is 0.938. The molecule has 1 N–H and O–H groups in total. The van der Waals surface area contributed by atoms with Crippen LogP contribution in [0, 0.1) is 0 Å². The summed E-state index contributed by atoms with van der Waals surface area (Å²) in [5, 5.41) is 6.16. The molecular formula is C49H38N2. The fourth-order valence-corrected chi connectivity index (χ4v) is 6.92. The van der Waals surface area contributed by atoms with E-state index in [1.807, 2.05) is 31.2 Å². The molecule has 51 heavy (non-hydrogen) atoms. The van der Waals surface area contributed by atoms with Crippen LogP contribution in [0.15, 0.2) is 201 Å². The highest BCUT2D eigenvalue weighted by atomic mass is 15.0. The summed E-state index contributed by atoms with van der Waals surface area (Å²) in [4.78, 5) is 0. The van der Waals surface area contributed by atoms with Crippen molar-refractivity contribution in [3.05, 3.63) is 206 Å². The van der Waals surface area contributed by atoms with Crippen LogP contribution in [0.5, 0.6) is 0 Å². The highest BCUT2D eigenvalue weighted by Gasteiger charge is 2.15. The van der Waals surface area contributed by atoms with Gasteiger partial charge in [-0.05, 0) is 100 Å². The molecule has 2 heteroatoms. The number of hydrogen-bond donors (Lipinski definition) is 1. The van der Waals surface area contributed by atoms with Gasteiger partial charge >= 0.3 is 0 Å². The van der Waals surface area contributed by atoms with Crippen LogP contribution in [0.4, 0.5) is 11.4 Å². The molecule has 2 nitrogen and oxygen atoms in total. The first kappa shape index (κ1) is 31.6. The Kier molecular flexibility index (Phi) is 8.72. The van der Waals surface area contributed by atoms with E-state index < -0.39 is 0 Å². The third-order valence-corrected chi connectivity index (χ3v) is 9.43. The zero-order chi connectivity index (χ0) is 34.6. The molecule has 0 spiro atoms. The molecule has 0 radical (unpaired) electrons. The largest absolute Gasteiger partial charge is 0.355 e. The van der Waals surface area contributed by atoms with Crippen LogP contribution in [0.25, 0.3) is 66.4 Å². The highest BCUT2D eigenvalue weighted by Crippen LogP contribution is 2.38. The van der Waals surface area contributed by atoms with E-state index in [1.54, 1.807) is 0 Å². The maximum atomic E-state index is 4.49. The Morgan fingerprint density at radius 3 is 1.88 bits per heavy atom. The third kappa shape index (κ3) is 6.44. The molecule has 0 unspecified atom stereocenters. The lowest BCUT2D eigenvalue weighted by Gasteiger charge is -2.16. The maximum absolute atomic E-state index is 4.49. The first-order valence-corrected chi connectivity index (χ1v) is 17.4. The van der Waals surface area contributed by atoms with E-state index in [1.165, 1.54) is 44.1 Å². The summed E-state index contributed by atoms with van der Waals surface area (Å²) in [5.74, 6) is 0. The van der Waals surface area contributed by atoms with Crippen LogP contribution >= 0.6 is 0 Å². The van der Waals surface area contributed by atoms with Crippen molar-refractivity contribution in [1.29, 1.82) is 0 Å². The molecule has 8 rings (SSSR count). The van der Waals surface area contributed by atoms with E-state index in [2.05, 4.69) is 186 Å². The normalized spacial score (nSPS) is 11.5.